The molecule has 0 unspecified atom stereocenters. The lowest BCUT2D eigenvalue weighted by molar-refractivity contribution is 0.0963. The van der Waals surface area contributed by atoms with Crippen molar-refractivity contribution >= 4 is 15.9 Å². The Labute approximate surface area is 106 Å². The molecule has 0 bridgehead atoms. The molecule has 18 heavy (non-hydrogen) atoms. The fourth-order valence-corrected chi connectivity index (χ4v) is 2.53. The number of carbonyl (C=O) groups is 1. The summed E-state index contributed by atoms with van der Waals surface area (Å²) in [5, 5.41) is 11.3. The molecule has 7 heteroatoms. The lowest BCUT2D eigenvalue weighted by atomic mass is 10.2. The summed E-state index contributed by atoms with van der Waals surface area (Å²) in [6.07, 6.45) is 0. The fraction of sp³-hybridized carbons (Fsp3) is 0.364. The van der Waals surface area contributed by atoms with Gasteiger partial charge in [0.2, 0.25) is 10.0 Å². The summed E-state index contributed by atoms with van der Waals surface area (Å²) in [7, 11) is -2.17. The zero-order chi connectivity index (χ0) is 13.8. The van der Waals surface area contributed by atoms with E-state index in [1.807, 2.05) is 0 Å². The van der Waals surface area contributed by atoms with Gasteiger partial charge in [0.15, 0.2) is 0 Å². The van der Waals surface area contributed by atoms with E-state index in [0.717, 1.165) is 0 Å². The molecule has 0 aliphatic rings. The Bertz CT molecular complexity index is 510. The highest BCUT2D eigenvalue weighted by molar-refractivity contribution is 7.89. The highest BCUT2D eigenvalue weighted by Gasteiger charge is 2.17. The van der Waals surface area contributed by atoms with Gasteiger partial charge >= 0.3 is 0 Å². The zero-order valence-electron chi connectivity index (χ0n) is 10.2. The van der Waals surface area contributed by atoms with Gasteiger partial charge in [-0.05, 0) is 31.2 Å². The average molecular weight is 272 g/mol. The number of carbonyl (C=O) groups excluding carboxylic acids is 1. The number of hydrogen-bond acceptors (Lipinski definition) is 4. The maximum Gasteiger partial charge on any atom is 0.251 e. The number of rotatable bonds is 5. The van der Waals surface area contributed by atoms with Crippen molar-refractivity contribution in [1.29, 1.82) is 0 Å². The molecule has 0 heterocycles. The molecule has 1 atom stereocenters. The Balaban J connectivity index is 2.94. The van der Waals surface area contributed by atoms with Crippen molar-refractivity contribution in [3.63, 3.8) is 0 Å². The monoisotopic (exact) mass is 272 g/mol. The summed E-state index contributed by atoms with van der Waals surface area (Å²) in [4.78, 5) is 11.3. The van der Waals surface area contributed by atoms with Crippen LogP contribution in [-0.2, 0) is 10.0 Å². The predicted molar refractivity (Wildman–Crippen MR) is 66.7 cm³/mol. The molecule has 3 N–H and O–H groups in total. The van der Waals surface area contributed by atoms with E-state index in [2.05, 4.69) is 10.0 Å². The normalized spacial score (nSPS) is 13.1. The van der Waals surface area contributed by atoms with Gasteiger partial charge in [0.1, 0.15) is 0 Å². The number of aliphatic hydroxyl groups is 1. The smallest absolute Gasteiger partial charge is 0.251 e. The molecule has 0 saturated carbocycles. The molecule has 1 aromatic rings. The maximum absolute atomic E-state index is 11.8. The molecule has 1 aromatic carbocycles. The van der Waals surface area contributed by atoms with Crippen LogP contribution in [0, 0.1) is 0 Å². The molecule has 0 fully saturated rings. The van der Waals surface area contributed by atoms with Crippen LogP contribution in [0.1, 0.15) is 17.3 Å². The number of benzene rings is 1. The van der Waals surface area contributed by atoms with E-state index >= 15 is 0 Å². The Morgan fingerprint density at radius 2 is 1.89 bits per heavy atom. The summed E-state index contributed by atoms with van der Waals surface area (Å²) in [6.45, 7) is 1.27. The van der Waals surface area contributed by atoms with Crippen LogP contribution in [0.5, 0.6) is 0 Å². The van der Waals surface area contributed by atoms with E-state index in [4.69, 9.17) is 5.11 Å². The molecule has 1 rings (SSSR count). The molecular formula is C11H16N2O4S. The number of nitrogens with one attached hydrogen (secondary N) is 2. The van der Waals surface area contributed by atoms with Gasteiger partial charge in [0.25, 0.3) is 5.91 Å². The van der Waals surface area contributed by atoms with Gasteiger partial charge in [-0.15, -0.1) is 0 Å². The first-order chi connectivity index (χ1) is 8.40. The Morgan fingerprint density at radius 3 is 2.33 bits per heavy atom. The maximum atomic E-state index is 11.8. The van der Waals surface area contributed by atoms with E-state index in [1.54, 1.807) is 6.92 Å². The van der Waals surface area contributed by atoms with Crippen molar-refractivity contribution in [3.8, 4) is 0 Å². The van der Waals surface area contributed by atoms with Crippen LogP contribution in [0.2, 0.25) is 0 Å². The molecule has 0 radical (unpaired) electrons. The van der Waals surface area contributed by atoms with Crippen LogP contribution in [0.3, 0.4) is 0 Å². The largest absolute Gasteiger partial charge is 0.395 e. The van der Waals surface area contributed by atoms with Gasteiger partial charge in [-0.3, -0.25) is 4.79 Å². The summed E-state index contributed by atoms with van der Waals surface area (Å²) in [6, 6.07) is 4.98. The molecule has 1 amide bonds. The minimum atomic E-state index is -3.66. The second-order valence-corrected chi connectivity index (χ2v) is 5.52. The summed E-state index contributed by atoms with van der Waals surface area (Å²) in [5.74, 6) is -0.282. The third-order valence-corrected chi connectivity index (χ3v) is 3.89. The quantitative estimate of drug-likeness (QED) is 0.686. The third kappa shape index (κ3) is 3.52. The molecule has 0 aliphatic heterocycles. The zero-order valence-corrected chi connectivity index (χ0v) is 11.0. The van der Waals surface area contributed by atoms with E-state index in [9.17, 15) is 13.2 Å². The summed E-state index contributed by atoms with van der Waals surface area (Å²) < 4.78 is 26.0. The summed E-state index contributed by atoms with van der Waals surface area (Å²) in [5.41, 5.74) is 0.381. The minimum absolute atomic E-state index is 0.0513. The van der Waals surface area contributed by atoms with E-state index < -0.39 is 16.1 Å². The van der Waals surface area contributed by atoms with Crippen LogP contribution >= 0.6 is 0 Å². The Hall–Kier alpha value is -1.44. The molecule has 0 spiro atoms. The fourth-order valence-electron chi connectivity index (χ4n) is 1.30. The minimum Gasteiger partial charge on any atom is -0.395 e. The van der Waals surface area contributed by atoms with Crippen molar-refractivity contribution in [3.05, 3.63) is 29.8 Å². The van der Waals surface area contributed by atoms with Gasteiger partial charge in [-0.1, -0.05) is 0 Å². The highest BCUT2D eigenvalue weighted by atomic mass is 32.2. The second-order valence-electron chi connectivity index (χ2n) is 3.81. The first-order valence-electron chi connectivity index (χ1n) is 5.36. The lowest BCUT2D eigenvalue weighted by Gasteiger charge is -2.11. The summed E-state index contributed by atoms with van der Waals surface area (Å²) >= 11 is 0. The standard InChI is InChI=1S/C11H16N2O4S/c1-8(7-14)13-18(16,17)10-5-3-9(4-6-10)11(15)12-2/h3-6,8,13-14H,7H2,1-2H3,(H,12,15)/t8-/m0/s1. The number of amides is 1. The van der Waals surface area contributed by atoms with Gasteiger partial charge < -0.3 is 10.4 Å². The second kappa shape index (κ2) is 5.94. The SMILES string of the molecule is CNC(=O)c1ccc(S(=O)(=O)N[C@@H](C)CO)cc1. The third-order valence-electron chi connectivity index (χ3n) is 2.28. The lowest BCUT2D eigenvalue weighted by Crippen LogP contribution is -2.35. The highest BCUT2D eigenvalue weighted by Crippen LogP contribution is 2.11. The molecule has 0 saturated heterocycles. The molecule has 100 valence electrons. The van der Waals surface area contributed by atoms with Crippen LogP contribution in [-0.4, -0.2) is 39.1 Å². The topological polar surface area (TPSA) is 95.5 Å². The van der Waals surface area contributed by atoms with Crippen molar-refractivity contribution in [2.45, 2.75) is 17.9 Å². The van der Waals surface area contributed by atoms with Crippen molar-refractivity contribution in [1.82, 2.24) is 10.0 Å². The van der Waals surface area contributed by atoms with E-state index in [-0.39, 0.29) is 17.4 Å². The number of sulfonamides is 1. The van der Waals surface area contributed by atoms with Gasteiger partial charge in [-0.25, -0.2) is 13.1 Å². The van der Waals surface area contributed by atoms with Crippen molar-refractivity contribution in [2.75, 3.05) is 13.7 Å². The van der Waals surface area contributed by atoms with Crippen LogP contribution in [0.15, 0.2) is 29.2 Å². The average Bonchev–Trinajstić information content (AvgIpc) is 2.37. The molecule has 0 aromatic heterocycles. The Kier molecular flexibility index (Phi) is 4.83. The first kappa shape index (κ1) is 14.6. The van der Waals surface area contributed by atoms with Crippen LogP contribution in [0.25, 0.3) is 0 Å². The molecule has 0 aliphatic carbocycles. The first-order valence-corrected chi connectivity index (χ1v) is 6.84. The van der Waals surface area contributed by atoms with Crippen LogP contribution < -0.4 is 10.0 Å². The number of aliphatic hydroxyl groups excluding tert-OH is 1. The van der Waals surface area contributed by atoms with Gasteiger partial charge in [0.05, 0.1) is 11.5 Å². The Morgan fingerprint density at radius 1 is 1.33 bits per heavy atom. The van der Waals surface area contributed by atoms with Crippen LogP contribution in [0.4, 0.5) is 0 Å². The van der Waals surface area contributed by atoms with Gasteiger partial charge in [-0.2, -0.15) is 0 Å². The molecular weight excluding hydrogens is 256 g/mol. The predicted octanol–water partition coefficient (Wildman–Crippen LogP) is -0.295. The van der Waals surface area contributed by atoms with E-state index in [0.29, 0.717) is 5.56 Å². The van der Waals surface area contributed by atoms with Crippen molar-refractivity contribution in [2.24, 2.45) is 0 Å². The van der Waals surface area contributed by atoms with E-state index in [1.165, 1.54) is 31.3 Å². The number of hydrogen-bond donors (Lipinski definition) is 3. The van der Waals surface area contributed by atoms with Crippen molar-refractivity contribution < 1.29 is 18.3 Å². The van der Waals surface area contributed by atoms with Gasteiger partial charge in [0, 0.05) is 18.7 Å². The molecule has 6 nitrogen and oxygen atoms in total.